The summed E-state index contributed by atoms with van der Waals surface area (Å²) in [5.41, 5.74) is 14.6. The molecule has 0 radical (unpaired) electrons. The van der Waals surface area contributed by atoms with E-state index in [9.17, 15) is 0 Å². The Balaban J connectivity index is 1.02. The maximum absolute atomic E-state index is 2.41. The Hall–Kier alpha value is -8.06. The number of rotatable bonds is 6. The minimum atomic E-state index is 1.20. The summed E-state index contributed by atoms with van der Waals surface area (Å²) in [6, 6.07) is 89.6. The minimum absolute atomic E-state index is 1.20. The Morgan fingerprint density at radius 3 is 1.21 bits per heavy atom. The molecule has 12 aromatic carbocycles. The molecule has 0 aliphatic rings. The fourth-order valence-electron chi connectivity index (χ4n) is 9.60. The van der Waals surface area contributed by atoms with Crippen LogP contribution in [-0.2, 0) is 0 Å². The van der Waals surface area contributed by atoms with E-state index in [0.29, 0.717) is 0 Å². The van der Waals surface area contributed by atoms with Crippen LogP contribution >= 0.6 is 0 Å². The van der Waals surface area contributed by atoms with E-state index in [1.165, 1.54) is 121 Å². The molecule has 0 nitrogen and oxygen atoms in total. The summed E-state index contributed by atoms with van der Waals surface area (Å²) in [5.74, 6) is 0. The summed E-state index contributed by atoms with van der Waals surface area (Å²) in [4.78, 5) is 0. The normalized spacial score (nSPS) is 11.5. The number of hydrogen-bond acceptors (Lipinski definition) is 0. The molecule has 12 aromatic rings. The zero-order chi connectivity index (χ0) is 41.0. The van der Waals surface area contributed by atoms with Crippen molar-refractivity contribution in [3.63, 3.8) is 0 Å². The molecule has 0 amide bonds. The van der Waals surface area contributed by atoms with Crippen LogP contribution in [-0.4, -0.2) is 0 Å². The molecule has 0 atom stereocenters. The molecule has 0 unspecified atom stereocenters. The second kappa shape index (κ2) is 14.9. The predicted molar refractivity (Wildman–Crippen MR) is 267 cm³/mol. The van der Waals surface area contributed by atoms with Gasteiger partial charge >= 0.3 is 0 Å². The van der Waals surface area contributed by atoms with Crippen molar-refractivity contribution < 1.29 is 0 Å². The van der Waals surface area contributed by atoms with Gasteiger partial charge in [0.15, 0.2) is 0 Å². The lowest BCUT2D eigenvalue weighted by molar-refractivity contribution is 1.60. The largest absolute Gasteiger partial charge is 0.0616 e. The van der Waals surface area contributed by atoms with Gasteiger partial charge in [0.1, 0.15) is 0 Å². The van der Waals surface area contributed by atoms with Crippen molar-refractivity contribution in [1.82, 2.24) is 0 Å². The van der Waals surface area contributed by atoms with Crippen LogP contribution in [0.15, 0.2) is 243 Å². The molecule has 12 rings (SSSR count). The van der Waals surface area contributed by atoms with E-state index < -0.39 is 0 Å². The zero-order valence-corrected chi connectivity index (χ0v) is 34.1. The topological polar surface area (TPSA) is 0 Å². The average Bonchev–Trinajstić information content (AvgIpc) is 3.35. The lowest BCUT2D eigenvalue weighted by atomic mass is 9.87. The third kappa shape index (κ3) is 6.42. The van der Waals surface area contributed by atoms with E-state index in [1.807, 2.05) is 0 Å². The van der Waals surface area contributed by atoms with Crippen molar-refractivity contribution in [2.45, 2.75) is 0 Å². The first-order valence-corrected chi connectivity index (χ1v) is 21.5. The van der Waals surface area contributed by atoms with Crippen LogP contribution in [0, 0.1) is 0 Å². The highest BCUT2D eigenvalue weighted by Gasteiger charge is 2.15. The van der Waals surface area contributed by atoms with Crippen molar-refractivity contribution in [2.75, 3.05) is 0 Å². The molecule has 62 heavy (non-hydrogen) atoms. The monoisotopic (exact) mass is 784 g/mol. The molecule has 0 aliphatic carbocycles. The highest BCUT2D eigenvalue weighted by molar-refractivity contribution is 6.14. The van der Waals surface area contributed by atoms with Crippen molar-refractivity contribution in [1.29, 1.82) is 0 Å². The van der Waals surface area contributed by atoms with Crippen LogP contribution in [0.3, 0.4) is 0 Å². The van der Waals surface area contributed by atoms with Crippen LogP contribution in [0.1, 0.15) is 0 Å². The van der Waals surface area contributed by atoms with Crippen molar-refractivity contribution in [3.8, 4) is 66.8 Å². The van der Waals surface area contributed by atoms with Gasteiger partial charge in [-0.2, -0.15) is 0 Å². The van der Waals surface area contributed by atoms with Crippen LogP contribution in [0.4, 0.5) is 0 Å². The molecule has 0 aromatic heterocycles. The van der Waals surface area contributed by atoms with Gasteiger partial charge in [0.25, 0.3) is 0 Å². The van der Waals surface area contributed by atoms with Crippen LogP contribution in [0.5, 0.6) is 0 Å². The standard InChI is InChI=1S/C62H40/c1-3-14-44-33-50(27-25-41(44)11-1)46-17-7-19-48(35-46)52-31-32-60-57(37-52)39-55-30-29-53(49-20-8-18-47(36-49)51-28-26-42-12-2-4-15-45(42)34-51)40-61(55)62(60)56-22-9-21-54(38-56)59-24-10-16-43-13-5-6-23-58(43)59/h1-40H. The summed E-state index contributed by atoms with van der Waals surface area (Å²) in [6.07, 6.45) is 0. The van der Waals surface area contributed by atoms with E-state index in [2.05, 4.69) is 243 Å². The lowest BCUT2D eigenvalue weighted by Crippen LogP contribution is -1.90. The zero-order valence-electron chi connectivity index (χ0n) is 34.1. The third-order valence-electron chi connectivity index (χ3n) is 12.8. The second-order valence-electron chi connectivity index (χ2n) is 16.5. The highest BCUT2D eigenvalue weighted by atomic mass is 14.2. The van der Waals surface area contributed by atoms with Crippen LogP contribution < -0.4 is 0 Å². The Bertz CT molecular complexity index is 3690. The quantitative estimate of drug-likeness (QED) is 0.147. The van der Waals surface area contributed by atoms with Gasteiger partial charge in [-0.05, 0) is 169 Å². The molecule has 0 spiro atoms. The Kier molecular flexibility index (Phi) is 8.61. The first-order valence-electron chi connectivity index (χ1n) is 21.5. The maximum atomic E-state index is 2.41. The van der Waals surface area contributed by atoms with Crippen LogP contribution in [0.25, 0.3) is 121 Å². The van der Waals surface area contributed by atoms with Gasteiger partial charge in [-0.3, -0.25) is 0 Å². The fraction of sp³-hybridized carbons (Fsp3) is 0. The summed E-state index contributed by atoms with van der Waals surface area (Å²) in [5, 5.41) is 12.5. The first kappa shape index (κ1) is 35.8. The number of benzene rings is 12. The van der Waals surface area contributed by atoms with Crippen LogP contribution in [0.2, 0.25) is 0 Å². The fourth-order valence-corrected chi connectivity index (χ4v) is 9.60. The van der Waals surface area contributed by atoms with Gasteiger partial charge in [0.05, 0.1) is 0 Å². The number of hydrogen-bond donors (Lipinski definition) is 0. The molecule has 0 heteroatoms. The Labute approximate surface area is 361 Å². The van der Waals surface area contributed by atoms with E-state index in [1.54, 1.807) is 0 Å². The Morgan fingerprint density at radius 1 is 0.161 bits per heavy atom. The Morgan fingerprint density at radius 2 is 0.581 bits per heavy atom. The van der Waals surface area contributed by atoms with Gasteiger partial charge in [-0.15, -0.1) is 0 Å². The highest BCUT2D eigenvalue weighted by Crippen LogP contribution is 2.42. The van der Waals surface area contributed by atoms with E-state index >= 15 is 0 Å². The molecular formula is C62H40. The summed E-state index contributed by atoms with van der Waals surface area (Å²) in [7, 11) is 0. The molecule has 0 aliphatic heterocycles. The van der Waals surface area contributed by atoms with Crippen molar-refractivity contribution in [3.05, 3.63) is 243 Å². The van der Waals surface area contributed by atoms with E-state index in [0.717, 1.165) is 0 Å². The van der Waals surface area contributed by atoms with Gasteiger partial charge in [-0.25, -0.2) is 0 Å². The maximum Gasteiger partial charge on any atom is -0.00264 e. The summed E-state index contributed by atoms with van der Waals surface area (Å²) < 4.78 is 0. The van der Waals surface area contributed by atoms with Gasteiger partial charge in [0.2, 0.25) is 0 Å². The predicted octanol–water partition coefficient (Wildman–Crippen LogP) is 17.5. The molecule has 0 saturated heterocycles. The van der Waals surface area contributed by atoms with Gasteiger partial charge < -0.3 is 0 Å². The van der Waals surface area contributed by atoms with Crippen molar-refractivity contribution in [2.24, 2.45) is 0 Å². The summed E-state index contributed by atoms with van der Waals surface area (Å²) in [6.45, 7) is 0. The van der Waals surface area contributed by atoms with Crippen molar-refractivity contribution >= 4 is 53.9 Å². The molecule has 0 fully saturated rings. The summed E-state index contributed by atoms with van der Waals surface area (Å²) >= 11 is 0. The second-order valence-corrected chi connectivity index (χ2v) is 16.5. The third-order valence-corrected chi connectivity index (χ3v) is 12.8. The SMILES string of the molecule is c1cc(-c2ccc3ccccc3c2)cc(-c2ccc3c(-c4cccc(-c5cccc6ccccc56)c4)c4cc(-c5cccc(-c6ccc7ccccc7c6)c5)ccc4cc3c2)c1. The molecule has 0 heterocycles. The van der Waals surface area contributed by atoms with Gasteiger partial charge in [0, 0.05) is 0 Å². The van der Waals surface area contributed by atoms with E-state index in [4.69, 9.17) is 0 Å². The molecule has 0 bridgehead atoms. The molecule has 0 saturated carbocycles. The number of fused-ring (bicyclic) bond motifs is 5. The lowest BCUT2D eigenvalue weighted by Gasteiger charge is -2.16. The molecule has 0 N–H and O–H groups in total. The smallest absolute Gasteiger partial charge is 0.00264 e. The minimum Gasteiger partial charge on any atom is -0.0616 e. The average molecular weight is 785 g/mol. The molecule has 288 valence electrons. The van der Waals surface area contributed by atoms with Gasteiger partial charge in [-0.1, -0.05) is 194 Å². The first-order chi connectivity index (χ1) is 30.7. The van der Waals surface area contributed by atoms with E-state index in [-0.39, 0.29) is 0 Å². The molecular weight excluding hydrogens is 745 g/mol.